The summed E-state index contributed by atoms with van der Waals surface area (Å²) in [7, 11) is -4.02. The molecular weight excluding hydrogens is 552 g/mol. The van der Waals surface area contributed by atoms with Crippen molar-refractivity contribution in [1.29, 1.82) is 0 Å². The molecule has 0 saturated carbocycles. The van der Waals surface area contributed by atoms with E-state index in [9.17, 15) is 18.0 Å². The number of sulfonamides is 1. The van der Waals surface area contributed by atoms with Crippen LogP contribution in [0, 0.1) is 13.8 Å². The van der Waals surface area contributed by atoms with E-state index in [1.807, 2.05) is 50.2 Å². The Hall–Kier alpha value is -4.96. The first-order chi connectivity index (χ1) is 20.2. The van der Waals surface area contributed by atoms with E-state index < -0.39 is 22.5 Å². The van der Waals surface area contributed by atoms with Crippen LogP contribution in [0.2, 0.25) is 0 Å². The van der Waals surface area contributed by atoms with Crippen LogP contribution in [0.3, 0.4) is 0 Å². The molecule has 2 amide bonds. The molecule has 4 aromatic carbocycles. The minimum absolute atomic E-state index is 0.0817. The standard InChI is InChI=1S/C32H32N4O5S/c1-24-10-9-15-30(25(24)2)36(42(39,40)29-13-7-4-8-14-29)22-31(37)35-34-21-27-16-18-28(19-17-27)41-23-32(38)33-20-26-11-5-3-6-12-26/h3-19,21H,20,22-23H2,1-2H3,(H,33,38)(H,35,37)/b34-21-. The predicted molar refractivity (Wildman–Crippen MR) is 163 cm³/mol. The Morgan fingerprint density at radius 1 is 0.833 bits per heavy atom. The van der Waals surface area contributed by atoms with Crippen LogP contribution in [0.25, 0.3) is 0 Å². The lowest BCUT2D eigenvalue weighted by atomic mass is 10.1. The van der Waals surface area contributed by atoms with Gasteiger partial charge in [-0.05, 0) is 78.6 Å². The monoisotopic (exact) mass is 584 g/mol. The van der Waals surface area contributed by atoms with Crippen LogP contribution in [0.1, 0.15) is 22.3 Å². The number of nitrogens with one attached hydrogen (secondary N) is 2. The number of carbonyl (C=O) groups is 2. The van der Waals surface area contributed by atoms with Crippen LogP contribution in [-0.4, -0.2) is 39.6 Å². The molecule has 9 nitrogen and oxygen atoms in total. The molecule has 42 heavy (non-hydrogen) atoms. The highest BCUT2D eigenvalue weighted by Gasteiger charge is 2.28. The van der Waals surface area contributed by atoms with Gasteiger partial charge in [-0.1, -0.05) is 60.7 Å². The number of hydrazone groups is 1. The molecule has 0 radical (unpaired) electrons. The van der Waals surface area contributed by atoms with Crippen molar-refractivity contribution in [1.82, 2.24) is 10.7 Å². The molecule has 0 aliphatic rings. The number of carbonyl (C=O) groups excluding carboxylic acids is 2. The van der Waals surface area contributed by atoms with Crippen molar-refractivity contribution in [2.75, 3.05) is 17.5 Å². The fourth-order valence-corrected chi connectivity index (χ4v) is 5.52. The maximum atomic E-state index is 13.5. The molecule has 0 bridgehead atoms. The van der Waals surface area contributed by atoms with Gasteiger partial charge in [0.15, 0.2) is 6.61 Å². The van der Waals surface area contributed by atoms with Crippen molar-refractivity contribution < 1.29 is 22.7 Å². The molecule has 2 N–H and O–H groups in total. The third kappa shape index (κ3) is 8.05. The minimum Gasteiger partial charge on any atom is -0.484 e. The first-order valence-corrected chi connectivity index (χ1v) is 14.7. The lowest BCUT2D eigenvalue weighted by Crippen LogP contribution is -2.40. The summed E-state index contributed by atoms with van der Waals surface area (Å²) in [5.74, 6) is -0.342. The van der Waals surface area contributed by atoms with Gasteiger partial charge in [0, 0.05) is 6.54 Å². The molecule has 4 aromatic rings. The molecule has 0 aliphatic carbocycles. The van der Waals surface area contributed by atoms with Crippen molar-refractivity contribution >= 4 is 33.7 Å². The summed E-state index contributed by atoms with van der Waals surface area (Å²) >= 11 is 0. The molecule has 4 rings (SSSR count). The molecule has 0 aromatic heterocycles. The second-order valence-electron chi connectivity index (χ2n) is 9.46. The first-order valence-electron chi connectivity index (χ1n) is 13.2. The van der Waals surface area contributed by atoms with E-state index in [1.54, 1.807) is 54.6 Å². The SMILES string of the molecule is Cc1cccc(N(CC(=O)N/N=C\c2ccc(OCC(=O)NCc3ccccc3)cc2)S(=O)(=O)c2ccccc2)c1C. The summed E-state index contributed by atoms with van der Waals surface area (Å²) in [4.78, 5) is 25.0. The van der Waals surface area contributed by atoms with Crippen LogP contribution in [0.4, 0.5) is 5.69 Å². The van der Waals surface area contributed by atoms with Gasteiger partial charge in [0.05, 0.1) is 16.8 Å². The number of anilines is 1. The number of ether oxygens (including phenoxy) is 1. The minimum atomic E-state index is -4.02. The zero-order valence-corrected chi connectivity index (χ0v) is 24.2. The lowest BCUT2D eigenvalue weighted by molar-refractivity contribution is -0.123. The predicted octanol–water partition coefficient (Wildman–Crippen LogP) is 4.34. The molecule has 10 heteroatoms. The first kappa shape index (κ1) is 30.0. The molecule has 0 heterocycles. The summed E-state index contributed by atoms with van der Waals surface area (Å²) < 4.78 is 33.7. The molecule has 0 unspecified atom stereocenters. The van der Waals surface area contributed by atoms with Gasteiger partial charge in [0.2, 0.25) is 0 Å². The topological polar surface area (TPSA) is 117 Å². The van der Waals surface area contributed by atoms with Gasteiger partial charge in [-0.3, -0.25) is 13.9 Å². The van der Waals surface area contributed by atoms with E-state index >= 15 is 0 Å². The largest absolute Gasteiger partial charge is 0.484 e. The molecule has 0 spiro atoms. The third-order valence-electron chi connectivity index (χ3n) is 6.45. The van der Waals surface area contributed by atoms with Gasteiger partial charge >= 0.3 is 0 Å². The Morgan fingerprint density at radius 3 is 2.19 bits per heavy atom. The van der Waals surface area contributed by atoms with Crippen LogP contribution >= 0.6 is 0 Å². The van der Waals surface area contributed by atoms with E-state index in [1.165, 1.54) is 18.3 Å². The number of amides is 2. The Labute approximate surface area is 245 Å². The second-order valence-corrected chi connectivity index (χ2v) is 11.3. The van der Waals surface area contributed by atoms with Gasteiger partial charge in [0.1, 0.15) is 12.3 Å². The third-order valence-corrected chi connectivity index (χ3v) is 8.22. The number of benzene rings is 4. The number of rotatable bonds is 12. The maximum absolute atomic E-state index is 13.5. The number of hydrogen-bond donors (Lipinski definition) is 2. The fourth-order valence-electron chi connectivity index (χ4n) is 4.02. The zero-order chi connectivity index (χ0) is 30.0. The summed E-state index contributed by atoms with van der Waals surface area (Å²) in [6.45, 7) is 3.54. The number of nitrogens with zero attached hydrogens (tertiary/aromatic N) is 2. The van der Waals surface area contributed by atoms with Crippen LogP contribution in [0.15, 0.2) is 113 Å². The summed E-state index contributed by atoms with van der Waals surface area (Å²) in [6, 6.07) is 29.7. The van der Waals surface area contributed by atoms with Crippen molar-refractivity contribution in [3.05, 3.63) is 125 Å². The zero-order valence-electron chi connectivity index (χ0n) is 23.4. The van der Waals surface area contributed by atoms with Crippen molar-refractivity contribution in [2.45, 2.75) is 25.3 Å². The molecule has 0 atom stereocenters. The lowest BCUT2D eigenvalue weighted by Gasteiger charge is -2.26. The molecule has 216 valence electrons. The normalized spacial score (nSPS) is 11.2. The Balaban J connectivity index is 1.34. The Morgan fingerprint density at radius 2 is 1.50 bits per heavy atom. The van der Waals surface area contributed by atoms with Crippen molar-refractivity contribution in [3.8, 4) is 5.75 Å². The fraction of sp³-hybridized carbons (Fsp3) is 0.156. The van der Waals surface area contributed by atoms with E-state index in [4.69, 9.17) is 4.74 Å². The van der Waals surface area contributed by atoms with Crippen LogP contribution in [-0.2, 0) is 26.2 Å². The highest BCUT2D eigenvalue weighted by Crippen LogP contribution is 2.28. The van der Waals surface area contributed by atoms with Gasteiger partial charge in [-0.25, -0.2) is 13.8 Å². The number of hydrogen-bond acceptors (Lipinski definition) is 6. The summed E-state index contributed by atoms with van der Waals surface area (Å²) in [5.41, 5.74) is 6.15. The quantitative estimate of drug-likeness (QED) is 0.190. The van der Waals surface area contributed by atoms with Crippen LogP contribution < -0.4 is 19.8 Å². The van der Waals surface area contributed by atoms with Gasteiger partial charge in [-0.2, -0.15) is 5.10 Å². The van der Waals surface area contributed by atoms with Gasteiger partial charge in [0.25, 0.3) is 21.8 Å². The number of aryl methyl sites for hydroxylation is 1. The van der Waals surface area contributed by atoms with Crippen LogP contribution in [0.5, 0.6) is 5.75 Å². The highest BCUT2D eigenvalue weighted by molar-refractivity contribution is 7.92. The van der Waals surface area contributed by atoms with E-state index in [-0.39, 0.29) is 17.4 Å². The van der Waals surface area contributed by atoms with E-state index in [2.05, 4.69) is 15.8 Å². The molecular formula is C32H32N4O5S. The summed E-state index contributed by atoms with van der Waals surface area (Å²) in [5, 5.41) is 6.79. The average Bonchev–Trinajstić information content (AvgIpc) is 3.01. The van der Waals surface area contributed by atoms with Crippen molar-refractivity contribution in [2.24, 2.45) is 5.10 Å². The second kappa shape index (κ2) is 14.1. The van der Waals surface area contributed by atoms with Gasteiger partial charge < -0.3 is 10.1 Å². The van der Waals surface area contributed by atoms with Gasteiger partial charge in [-0.15, -0.1) is 0 Å². The molecule has 0 saturated heterocycles. The average molecular weight is 585 g/mol. The summed E-state index contributed by atoms with van der Waals surface area (Å²) in [6.07, 6.45) is 1.43. The highest BCUT2D eigenvalue weighted by atomic mass is 32.2. The van der Waals surface area contributed by atoms with E-state index in [0.717, 1.165) is 21.0 Å². The Bertz CT molecular complexity index is 1640. The van der Waals surface area contributed by atoms with E-state index in [0.29, 0.717) is 23.5 Å². The molecule has 0 aliphatic heterocycles. The molecule has 0 fully saturated rings. The smallest absolute Gasteiger partial charge is 0.264 e. The maximum Gasteiger partial charge on any atom is 0.264 e. The van der Waals surface area contributed by atoms with Crippen molar-refractivity contribution in [3.63, 3.8) is 0 Å². The Kier molecular flexibility index (Phi) is 10.1.